The Labute approximate surface area is 333 Å². The zero-order chi connectivity index (χ0) is 40.5. The van der Waals surface area contributed by atoms with Crippen molar-refractivity contribution < 1.29 is 47.8 Å². The zero-order valence-corrected chi connectivity index (χ0v) is 35.0. The number of hydrogen-bond acceptors (Lipinski definition) is 9. The van der Waals surface area contributed by atoms with Crippen LogP contribution in [0, 0.1) is 0 Å². The van der Waals surface area contributed by atoms with Crippen LogP contribution in [-0.4, -0.2) is 65.7 Å². The van der Waals surface area contributed by atoms with Gasteiger partial charge in [0.1, 0.15) is 12.7 Å². The molecule has 0 amide bonds. The van der Waals surface area contributed by atoms with E-state index < -0.39 is 51.8 Å². The Balaban J connectivity index is 4.39. The number of allylic oxidation sites excluding steroid dienone is 12. The number of phosphoric acid groups is 1. The fraction of sp³-hybridized carbons (Fsp3) is 0.682. The largest absolute Gasteiger partial charge is 0.472 e. The number of unbranched alkanes of at least 4 members (excludes halogenated alkanes) is 12. The van der Waals surface area contributed by atoms with E-state index in [1.165, 1.54) is 38.5 Å². The molecule has 3 N–H and O–H groups in total. The number of hydrogen-bond donors (Lipinski definition) is 3. The van der Waals surface area contributed by atoms with Gasteiger partial charge in [-0.25, -0.2) is 4.57 Å². The summed E-state index contributed by atoms with van der Waals surface area (Å²) < 4.78 is 32.6. The summed E-state index contributed by atoms with van der Waals surface area (Å²) in [5.74, 6) is -1.03. The second kappa shape index (κ2) is 39.6. The molecule has 2 unspecified atom stereocenters. The first-order chi connectivity index (χ1) is 26.7. The molecular weight excluding hydrogens is 719 g/mol. The molecule has 0 fully saturated rings. The standard InChI is InChI=1S/C44H75O10P/c1-3-5-7-9-11-13-15-17-18-19-20-21-22-24-25-27-29-31-33-35-43(47)51-39-42(40-53-55(49,50)52-38-41(46)37-45)54-44(48)36-34-32-30-28-26-23-16-14-12-10-8-6-4-2/h5,7,11,13,17-18,20-21,23,26,30,32,41-42,45-46H,3-4,6,8-10,12,14-16,19,22,24-25,27-29,31,33-40H2,1-2H3,(H,49,50)/b7-5+,13-11+,18-17+,21-20+,26-23+,32-30+/t41-,42?/m1/s1. The van der Waals surface area contributed by atoms with Crippen LogP contribution in [0.25, 0.3) is 0 Å². The van der Waals surface area contributed by atoms with E-state index in [4.69, 9.17) is 19.1 Å². The summed E-state index contributed by atoms with van der Waals surface area (Å²) in [5, 5.41) is 18.3. The van der Waals surface area contributed by atoms with Gasteiger partial charge in [-0.05, 0) is 70.6 Å². The van der Waals surface area contributed by atoms with E-state index in [1.807, 2.05) is 12.2 Å². The summed E-state index contributed by atoms with van der Waals surface area (Å²) in [4.78, 5) is 34.9. The van der Waals surface area contributed by atoms with Crippen LogP contribution in [0.1, 0.15) is 155 Å². The SMILES string of the molecule is CC/C=C/C/C=C/C/C=C/C/C=C/CCCCCCCCC(=O)OCC(COP(=O)(O)OC[C@H](O)CO)OC(=O)CC/C=C/C/C=C/CCCCCCCC. The van der Waals surface area contributed by atoms with Gasteiger partial charge < -0.3 is 24.6 Å². The third kappa shape index (κ3) is 39.4. The minimum atomic E-state index is -4.64. The number of rotatable bonds is 38. The molecule has 0 aromatic heterocycles. The third-order valence-corrected chi connectivity index (χ3v) is 9.31. The second-order valence-corrected chi connectivity index (χ2v) is 15.1. The Morgan fingerprint density at radius 1 is 0.564 bits per heavy atom. The monoisotopic (exact) mass is 795 g/mol. The molecule has 0 heterocycles. The molecule has 0 rings (SSSR count). The molecule has 0 aliphatic rings. The van der Waals surface area contributed by atoms with Crippen molar-refractivity contribution in [3.63, 3.8) is 0 Å². The summed E-state index contributed by atoms with van der Waals surface area (Å²) in [6, 6.07) is 0. The molecule has 55 heavy (non-hydrogen) atoms. The van der Waals surface area contributed by atoms with Crippen LogP contribution in [0.15, 0.2) is 72.9 Å². The Hall–Kier alpha value is -2.59. The predicted octanol–water partition coefficient (Wildman–Crippen LogP) is 10.9. The van der Waals surface area contributed by atoms with Gasteiger partial charge in [0, 0.05) is 12.8 Å². The molecule has 11 heteroatoms. The molecule has 0 aliphatic carbocycles. The molecule has 3 atom stereocenters. The molecule has 316 valence electrons. The van der Waals surface area contributed by atoms with Crippen LogP contribution < -0.4 is 0 Å². The van der Waals surface area contributed by atoms with Gasteiger partial charge in [0.2, 0.25) is 0 Å². The number of carbonyl (C=O) groups is 2. The maximum Gasteiger partial charge on any atom is 0.472 e. The minimum Gasteiger partial charge on any atom is -0.462 e. The predicted molar refractivity (Wildman–Crippen MR) is 223 cm³/mol. The van der Waals surface area contributed by atoms with E-state index in [0.717, 1.165) is 77.0 Å². The lowest BCUT2D eigenvalue weighted by atomic mass is 10.1. The molecule has 0 aliphatic heterocycles. The van der Waals surface area contributed by atoms with E-state index in [2.05, 4.69) is 79.1 Å². The fourth-order valence-electron chi connectivity index (χ4n) is 5.15. The molecule has 0 aromatic rings. The highest BCUT2D eigenvalue weighted by Crippen LogP contribution is 2.43. The highest BCUT2D eigenvalue weighted by atomic mass is 31.2. The first-order valence-corrected chi connectivity index (χ1v) is 22.4. The normalized spacial score (nSPS) is 14.6. The highest BCUT2D eigenvalue weighted by molar-refractivity contribution is 7.47. The molecule has 0 saturated heterocycles. The van der Waals surface area contributed by atoms with Crippen LogP contribution in [0.4, 0.5) is 0 Å². The summed E-state index contributed by atoms with van der Waals surface area (Å²) in [6.07, 6.45) is 44.6. The highest BCUT2D eigenvalue weighted by Gasteiger charge is 2.27. The first kappa shape index (κ1) is 52.4. The summed E-state index contributed by atoms with van der Waals surface area (Å²) >= 11 is 0. The molecular formula is C44H75O10P. The Kier molecular flexibility index (Phi) is 37.8. The molecule has 0 saturated carbocycles. The van der Waals surface area contributed by atoms with E-state index in [1.54, 1.807) is 0 Å². The van der Waals surface area contributed by atoms with Crippen molar-refractivity contribution in [1.29, 1.82) is 0 Å². The van der Waals surface area contributed by atoms with Gasteiger partial charge in [-0.3, -0.25) is 18.6 Å². The van der Waals surface area contributed by atoms with Gasteiger partial charge in [0.05, 0.1) is 19.8 Å². The summed E-state index contributed by atoms with van der Waals surface area (Å²) in [5.41, 5.74) is 0. The third-order valence-electron chi connectivity index (χ3n) is 8.36. The zero-order valence-electron chi connectivity index (χ0n) is 34.1. The number of phosphoric ester groups is 1. The Bertz CT molecular complexity index is 1140. The quantitative estimate of drug-likeness (QED) is 0.0239. The molecule has 0 aromatic carbocycles. The lowest BCUT2D eigenvalue weighted by Gasteiger charge is -2.20. The van der Waals surface area contributed by atoms with Crippen molar-refractivity contribution in [2.45, 2.75) is 167 Å². The van der Waals surface area contributed by atoms with Crippen LogP contribution >= 0.6 is 7.82 Å². The first-order valence-electron chi connectivity index (χ1n) is 20.9. The van der Waals surface area contributed by atoms with Crippen molar-refractivity contribution in [3.05, 3.63) is 72.9 Å². The summed E-state index contributed by atoms with van der Waals surface area (Å²) in [7, 11) is -4.64. The van der Waals surface area contributed by atoms with Gasteiger partial charge in [0.15, 0.2) is 6.10 Å². The van der Waals surface area contributed by atoms with Crippen LogP contribution in [0.3, 0.4) is 0 Å². The maximum atomic E-state index is 12.5. The minimum absolute atomic E-state index is 0.0713. The van der Waals surface area contributed by atoms with E-state index in [-0.39, 0.29) is 19.4 Å². The van der Waals surface area contributed by atoms with Crippen molar-refractivity contribution in [3.8, 4) is 0 Å². The number of carbonyl (C=O) groups excluding carboxylic acids is 2. The van der Waals surface area contributed by atoms with Crippen molar-refractivity contribution >= 4 is 19.8 Å². The van der Waals surface area contributed by atoms with Gasteiger partial charge >= 0.3 is 19.8 Å². The topological polar surface area (TPSA) is 149 Å². The number of esters is 2. The number of ether oxygens (including phenoxy) is 2. The second-order valence-electron chi connectivity index (χ2n) is 13.6. The molecule has 0 spiro atoms. The molecule has 10 nitrogen and oxygen atoms in total. The van der Waals surface area contributed by atoms with Gasteiger partial charge in [0.25, 0.3) is 0 Å². The average Bonchev–Trinajstić information content (AvgIpc) is 3.17. The van der Waals surface area contributed by atoms with Crippen LogP contribution in [0.5, 0.6) is 0 Å². The van der Waals surface area contributed by atoms with Crippen molar-refractivity contribution in [2.75, 3.05) is 26.4 Å². The van der Waals surface area contributed by atoms with Gasteiger partial charge in [-0.2, -0.15) is 0 Å². The lowest BCUT2D eigenvalue weighted by molar-refractivity contribution is -0.161. The van der Waals surface area contributed by atoms with Crippen LogP contribution in [0.2, 0.25) is 0 Å². The Morgan fingerprint density at radius 3 is 1.58 bits per heavy atom. The maximum absolute atomic E-state index is 12.5. The number of aliphatic hydroxyl groups excluding tert-OH is 2. The average molecular weight is 795 g/mol. The Morgan fingerprint density at radius 2 is 1.04 bits per heavy atom. The van der Waals surface area contributed by atoms with Gasteiger partial charge in [-0.15, -0.1) is 0 Å². The van der Waals surface area contributed by atoms with Crippen LogP contribution in [-0.2, 0) is 32.7 Å². The lowest BCUT2D eigenvalue weighted by Crippen LogP contribution is -2.29. The van der Waals surface area contributed by atoms with E-state index in [0.29, 0.717) is 12.8 Å². The van der Waals surface area contributed by atoms with Gasteiger partial charge in [-0.1, -0.05) is 145 Å². The molecule has 0 radical (unpaired) electrons. The fourth-order valence-corrected chi connectivity index (χ4v) is 5.94. The van der Waals surface area contributed by atoms with E-state index in [9.17, 15) is 24.2 Å². The van der Waals surface area contributed by atoms with Crippen molar-refractivity contribution in [1.82, 2.24) is 0 Å². The van der Waals surface area contributed by atoms with E-state index >= 15 is 0 Å². The van der Waals surface area contributed by atoms with Crippen molar-refractivity contribution in [2.24, 2.45) is 0 Å². The smallest absolute Gasteiger partial charge is 0.462 e. The summed E-state index contributed by atoms with van der Waals surface area (Å²) in [6.45, 7) is 2.15. The molecule has 0 bridgehead atoms. The number of aliphatic hydroxyl groups is 2.